The molecule has 0 saturated heterocycles. The van der Waals surface area contributed by atoms with Crippen LogP contribution in [-0.2, 0) is 20.8 Å². The molecule has 0 atom stereocenters. The van der Waals surface area contributed by atoms with E-state index in [-0.39, 0.29) is 32.3 Å². The van der Waals surface area contributed by atoms with Gasteiger partial charge in [-0.15, -0.1) is 11.3 Å². The SMILES string of the molecule is COC(=O)c1sc(N)c(C(=O)OC)c1COC(=O)c1ccccc1Oc1cccnc1. The van der Waals surface area contributed by atoms with Gasteiger partial charge in [0.2, 0.25) is 0 Å². The highest BCUT2D eigenvalue weighted by molar-refractivity contribution is 7.18. The molecule has 0 aliphatic rings. The van der Waals surface area contributed by atoms with Gasteiger partial charge in [0.05, 0.1) is 20.4 Å². The fraction of sp³-hybridized carbons (Fsp3) is 0.143. The van der Waals surface area contributed by atoms with Gasteiger partial charge in [0, 0.05) is 11.8 Å². The smallest absolute Gasteiger partial charge is 0.348 e. The summed E-state index contributed by atoms with van der Waals surface area (Å²) in [5.41, 5.74) is 6.10. The lowest BCUT2D eigenvalue weighted by Crippen LogP contribution is -2.13. The molecule has 31 heavy (non-hydrogen) atoms. The molecule has 0 spiro atoms. The number of methoxy groups -OCH3 is 2. The number of esters is 3. The van der Waals surface area contributed by atoms with Gasteiger partial charge in [0.1, 0.15) is 39.1 Å². The van der Waals surface area contributed by atoms with Gasteiger partial charge < -0.3 is 24.7 Å². The molecule has 1 aromatic carbocycles. The Balaban J connectivity index is 1.86. The van der Waals surface area contributed by atoms with E-state index in [2.05, 4.69) is 4.98 Å². The van der Waals surface area contributed by atoms with Crippen molar-refractivity contribution in [2.24, 2.45) is 0 Å². The summed E-state index contributed by atoms with van der Waals surface area (Å²) in [4.78, 5) is 41.0. The minimum Gasteiger partial charge on any atom is -0.465 e. The van der Waals surface area contributed by atoms with Crippen LogP contribution in [0.1, 0.15) is 36.0 Å². The molecular formula is C21H18N2O7S. The monoisotopic (exact) mass is 442 g/mol. The van der Waals surface area contributed by atoms with Crippen LogP contribution in [0.2, 0.25) is 0 Å². The molecule has 160 valence electrons. The van der Waals surface area contributed by atoms with Gasteiger partial charge in [0.15, 0.2) is 0 Å². The number of benzene rings is 1. The maximum absolute atomic E-state index is 12.8. The number of carbonyl (C=O) groups is 3. The zero-order valence-corrected chi connectivity index (χ0v) is 17.4. The minimum atomic E-state index is -0.754. The maximum atomic E-state index is 12.8. The number of thiophene rings is 1. The Morgan fingerprint density at radius 1 is 1.00 bits per heavy atom. The number of nitrogens with two attached hydrogens (primary N) is 1. The van der Waals surface area contributed by atoms with Gasteiger partial charge in [0.25, 0.3) is 0 Å². The van der Waals surface area contributed by atoms with Gasteiger partial charge in [-0.2, -0.15) is 0 Å². The average molecular weight is 442 g/mol. The van der Waals surface area contributed by atoms with Crippen molar-refractivity contribution in [3.05, 3.63) is 70.4 Å². The summed E-state index contributed by atoms with van der Waals surface area (Å²) in [6.45, 7) is -0.400. The van der Waals surface area contributed by atoms with E-state index in [1.165, 1.54) is 26.5 Å². The summed E-state index contributed by atoms with van der Waals surface area (Å²) in [5, 5.41) is 0.0543. The number of nitrogen functional groups attached to an aromatic ring is 1. The Morgan fingerprint density at radius 3 is 2.42 bits per heavy atom. The van der Waals surface area contributed by atoms with Gasteiger partial charge in [-0.25, -0.2) is 14.4 Å². The molecule has 0 amide bonds. The Kier molecular flexibility index (Phi) is 6.83. The molecule has 0 saturated carbocycles. The zero-order chi connectivity index (χ0) is 22.4. The number of aromatic nitrogens is 1. The summed E-state index contributed by atoms with van der Waals surface area (Å²) < 4.78 is 20.6. The van der Waals surface area contributed by atoms with Crippen LogP contribution in [0.4, 0.5) is 5.00 Å². The number of anilines is 1. The second kappa shape index (κ2) is 9.72. The molecule has 0 aliphatic carbocycles. The fourth-order valence-electron chi connectivity index (χ4n) is 2.68. The molecule has 9 nitrogen and oxygen atoms in total. The molecular weight excluding hydrogens is 424 g/mol. The van der Waals surface area contributed by atoms with E-state index in [0.717, 1.165) is 11.3 Å². The first-order valence-corrected chi connectivity index (χ1v) is 9.69. The molecule has 2 heterocycles. The van der Waals surface area contributed by atoms with Gasteiger partial charge in [-0.3, -0.25) is 4.98 Å². The molecule has 2 aromatic heterocycles. The van der Waals surface area contributed by atoms with Crippen LogP contribution < -0.4 is 10.5 Å². The van der Waals surface area contributed by atoms with Crippen LogP contribution in [0.5, 0.6) is 11.5 Å². The topological polar surface area (TPSA) is 127 Å². The van der Waals surface area contributed by atoms with Crippen LogP contribution in [0.3, 0.4) is 0 Å². The first kappa shape index (κ1) is 21.8. The van der Waals surface area contributed by atoms with E-state index in [4.69, 9.17) is 24.7 Å². The Hall–Kier alpha value is -3.92. The largest absolute Gasteiger partial charge is 0.465 e. The molecule has 10 heteroatoms. The Morgan fingerprint density at radius 2 is 1.74 bits per heavy atom. The summed E-state index contributed by atoms with van der Waals surface area (Å²) in [5.74, 6) is -1.50. The number of pyridine rings is 1. The van der Waals surface area contributed by atoms with Crippen LogP contribution >= 0.6 is 11.3 Å². The van der Waals surface area contributed by atoms with Crippen LogP contribution in [0.25, 0.3) is 0 Å². The summed E-state index contributed by atoms with van der Waals surface area (Å²) >= 11 is 0.849. The number of carbonyl (C=O) groups excluding carboxylic acids is 3. The number of rotatable bonds is 7. The van der Waals surface area contributed by atoms with E-state index in [1.54, 1.807) is 36.5 Å². The first-order chi connectivity index (χ1) is 15.0. The number of hydrogen-bond acceptors (Lipinski definition) is 10. The maximum Gasteiger partial charge on any atom is 0.348 e. The normalized spacial score (nSPS) is 10.3. The summed E-state index contributed by atoms with van der Waals surface area (Å²) in [6, 6.07) is 9.86. The van der Waals surface area contributed by atoms with Crippen LogP contribution in [-0.4, -0.2) is 37.1 Å². The van der Waals surface area contributed by atoms with Crippen molar-refractivity contribution in [2.45, 2.75) is 6.61 Å². The Labute approximate surface area is 181 Å². The lowest BCUT2D eigenvalue weighted by atomic mass is 10.1. The predicted molar refractivity (Wildman–Crippen MR) is 111 cm³/mol. The van der Waals surface area contributed by atoms with Crippen molar-refractivity contribution in [3.8, 4) is 11.5 Å². The van der Waals surface area contributed by atoms with E-state index in [0.29, 0.717) is 5.75 Å². The Bertz CT molecular complexity index is 1110. The van der Waals surface area contributed by atoms with E-state index in [9.17, 15) is 14.4 Å². The fourth-order valence-corrected chi connectivity index (χ4v) is 3.66. The first-order valence-electron chi connectivity index (χ1n) is 8.88. The number of nitrogens with zero attached hydrogens (tertiary/aromatic N) is 1. The van der Waals surface area contributed by atoms with Crippen molar-refractivity contribution in [2.75, 3.05) is 20.0 Å². The third-order valence-corrected chi connectivity index (χ3v) is 5.15. The summed E-state index contributed by atoms with van der Waals surface area (Å²) in [7, 11) is 2.37. The quantitative estimate of drug-likeness (QED) is 0.432. The lowest BCUT2D eigenvalue weighted by Gasteiger charge is -2.11. The highest BCUT2D eigenvalue weighted by atomic mass is 32.1. The van der Waals surface area contributed by atoms with Crippen molar-refractivity contribution in [1.29, 1.82) is 0 Å². The molecule has 0 aliphatic heterocycles. The molecule has 0 radical (unpaired) electrons. The molecule has 3 aromatic rings. The van der Waals surface area contributed by atoms with E-state index < -0.39 is 24.5 Å². The van der Waals surface area contributed by atoms with Crippen molar-refractivity contribution < 1.29 is 33.3 Å². The molecule has 0 unspecified atom stereocenters. The van der Waals surface area contributed by atoms with Crippen molar-refractivity contribution in [1.82, 2.24) is 4.98 Å². The van der Waals surface area contributed by atoms with Gasteiger partial charge in [-0.1, -0.05) is 12.1 Å². The summed E-state index contributed by atoms with van der Waals surface area (Å²) in [6.07, 6.45) is 3.10. The third kappa shape index (κ3) is 4.81. The molecule has 2 N–H and O–H groups in total. The standard InChI is InChI=1S/C21H18N2O7S/c1-27-20(25)16-14(17(21(26)28-2)31-18(16)22)11-29-19(24)13-7-3-4-8-15(13)30-12-6-5-9-23-10-12/h3-10H,11,22H2,1-2H3. The highest BCUT2D eigenvalue weighted by Gasteiger charge is 2.28. The third-order valence-electron chi connectivity index (χ3n) is 4.11. The van der Waals surface area contributed by atoms with Crippen LogP contribution in [0.15, 0.2) is 48.8 Å². The lowest BCUT2D eigenvalue weighted by molar-refractivity contribution is 0.0450. The second-order valence-electron chi connectivity index (χ2n) is 6.00. The second-order valence-corrected chi connectivity index (χ2v) is 7.05. The van der Waals surface area contributed by atoms with Crippen LogP contribution in [0, 0.1) is 0 Å². The molecule has 0 fully saturated rings. The van der Waals surface area contributed by atoms with Gasteiger partial charge >= 0.3 is 17.9 Å². The van der Waals surface area contributed by atoms with E-state index in [1.807, 2.05) is 0 Å². The van der Waals surface area contributed by atoms with E-state index >= 15 is 0 Å². The molecule has 0 bridgehead atoms. The number of ether oxygens (including phenoxy) is 4. The minimum absolute atomic E-state index is 0.0411. The molecule has 3 rings (SSSR count). The predicted octanol–water partition coefficient (Wildman–Crippen LogP) is 3.45. The van der Waals surface area contributed by atoms with Crippen molar-refractivity contribution >= 4 is 34.2 Å². The average Bonchev–Trinajstić information content (AvgIpc) is 3.13. The van der Waals surface area contributed by atoms with Gasteiger partial charge in [-0.05, 0) is 24.3 Å². The number of hydrogen-bond donors (Lipinski definition) is 1. The number of para-hydroxylation sites is 1. The van der Waals surface area contributed by atoms with Crippen molar-refractivity contribution in [3.63, 3.8) is 0 Å². The highest BCUT2D eigenvalue weighted by Crippen LogP contribution is 2.33. The zero-order valence-electron chi connectivity index (χ0n) is 16.6.